The van der Waals surface area contributed by atoms with Crippen LogP contribution < -0.4 is 5.32 Å². The van der Waals surface area contributed by atoms with E-state index in [-0.39, 0.29) is 31.3 Å². The number of aliphatic carboxylic acids is 1. The number of esters is 1. The Balaban J connectivity index is 0.000000271. The van der Waals surface area contributed by atoms with E-state index in [1.807, 2.05) is 0 Å². The molecule has 1 aliphatic heterocycles. The number of nitrogens with one attached hydrogen (secondary N) is 1. The Labute approximate surface area is 168 Å². The normalized spacial score (nSPS) is 24.0. The molecule has 2 atom stereocenters. The second-order valence-corrected chi connectivity index (χ2v) is 7.83. The molecule has 28 heavy (non-hydrogen) atoms. The third kappa shape index (κ3) is 7.24. The van der Waals surface area contributed by atoms with Crippen LogP contribution in [0.25, 0.3) is 0 Å². The monoisotopic (exact) mass is 396 g/mol. The molecule has 2 aliphatic carbocycles. The maximum absolute atomic E-state index is 11.3. The third-order valence-corrected chi connectivity index (χ3v) is 5.65. The Morgan fingerprint density at radius 2 is 1.61 bits per heavy atom. The minimum Gasteiger partial charge on any atom is -0.480 e. The number of rotatable bonds is 4. The number of ether oxygens (including phenoxy) is 1. The number of hydrogen-bond donors (Lipinski definition) is 2. The highest BCUT2D eigenvalue weighted by Gasteiger charge is 2.34. The van der Waals surface area contributed by atoms with Crippen molar-refractivity contribution in [1.29, 1.82) is 0 Å². The summed E-state index contributed by atoms with van der Waals surface area (Å²) < 4.78 is 4.94. The van der Waals surface area contributed by atoms with Crippen LogP contribution in [0.1, 0.15) is 85.5 Å². The molecule has 3 rings (SSSR count). The van der Waals surface area contributed by atoms with Gasteiger partial charge in [-0.3, -0.25) is 4.79 Å². The largest absolute Gasteiger partial charge is 0.480 e. The van der Waals surface area contributed by atoms with Gasteiger partial charge in [-0.1, -0.05) is 46.0 Å². The van der Waals surface area contributed by atoms with Gasteiger partial charge in [-0.05, 0) is 37.5 Å². The van der Waals surface area contributed by atoms with Gasteiger partial charge in [-0.25, -0.2) is 14.6 Å². The van der Waals surface area contributed by atoms with Crippen LogP contribution in [-0.4, -0.2) is 40.9 Å². The smallest absolute Gasteiger partial charge is 0.337 e. The molecular weight excluding hydrogens is 360 g/mol. The standard InChI is InChI=1S/C10H17NO3.C10H15NO2.CH4/c1-7(12)11-9(10(13)14)8-5-3-2-4-6-8;1-7-11-9(10(12)13-7)8-5-3-2-4-6-8;/h8-9H,2-6H2,1H3,(H,11,12)(H,13,14);8-9H,2-6H2,1H3;1H4. The SMILES string of the molecule is C.CC(=O)NC(C(=O)O)C1CCCCC1.CC1=NC(C2CCCCC2)C(=O)O1. The molecule has 7 heteroatoms. The average Bonchev–Trinajstić information content (AvgIpc) is 2.99. The number of carboxylic acids is 1. The molecule has 1 heterocycles. The Hall–Kier alpha value is -1.92. The summed E-state index contributed by atoms with van der Waals surface area (Å²) >= 11 is 0. The Morgan fingerprint density at radius 1 is 1.07 bits per heavy atom. The number of amides is 1. The average molecular weight is 397 g/mol. The molecule has 0 aromatic heterocycles. The van der Waals surface area contributed by atoms with E-state index in [1.165, 1.54) is 32.6 Å². The van der Waals surface area contributed by atoms with Crippen molar-refractivity contribution in [3.05, 3.63) is 0 Å². The van der Waals surface area contributed by atoms with E-state index in [2.05, 4.69) is 10.3 Å². The predicted molar refractivity (Wildman–Crippen MR) is 108 cm³/mol. The molecule has 0 spiro atoms. The highest BCUT2D eigenvalue weighted by molar-refractivity contribution is 5.96. The van der Waals surface area contributed by atoms with Crippen LogP contribution in [0.15, 0.2) is 4.99 Å². The Bertz CT molecular complexity index is 563. The van der Waals surface area contributed by atoms with E-state index in [0.717, 1.165) is 38.5 Å². The molecule has 0 aromatic carbocycles. The second kappa shape index (κ2) is 11.8. The van der Waals surface area contributed by atoms with Gasteiger partial charge in [0.2, 0.25) is 5.91 Å². The van der Waals surface area contributed by atoms with Crippen molar-refractivity contribution < 1.29 is 24.2 Å². The van der Waals surface area contributed by atoms with Gasteiger partial charge in [0.15, 0.2) is 11.9 Å². The molecule has 2 fully saturated rings. The topological polar surface area (TPSA) is 105 Å². The van der Waals surface area contributed by atoms with E-state index in [1.54, 1.807) is 6.92 Å². The zero-order valence-corrected chi connectivity index (χ0v) is 16.4. The molecule has 7 nitrogen and oxygen atoms in total. The van der Waals surface area contributed by atoms with Crippen LogP contribution in [0.3, 0.4) is 0 Å². The summed E-state index contributed by atoms with van der Waals surface area (Å²) in [6, 6.07) is -0.868. The number of carboxylic acid groups (broad SMARTS) is 1. The fourth-order valence-corrected chi connectivity index (χ4v) is 4.30. The molecule has 160 valence electrons. The minimum atomic E-state index is -0.910. The van der Waals surface area contributed by atoms with Crippen molar-refractivity contribution in [2.24, 2.45) is 16.8 Å². The molecule has 0 radical (unpaired) electrons. The number of hydrogen-bond acceptors (Lipinski definition) is 5. The summed E-state index contributed by atoms with van der Waals surface area (Å²) in [7, 11) is 0. The van der Waals surface area contributed by atoms with Crippen molar-refractivity contribution in [3.63, 3.8) is 0 Å². The number of cyclic esters (lactones) is 1. The molecule has 1 amide bonds. The highest BCUT2D eigenvalue weighted by Crippen LogP contribution is 2.30. The van der Waals surface area contributed by atoms with Crippen molar-refractivity contribution in [3.8, 4) is 0 Å². The quantitative estimate of drug-likeness (QED) is 0.705. The lowest BCUT2D eigenvalue weighted by atomic mass is 9.84. The number of carbonyl (C=O) groups is 3. The predicted octanol–water partition coefficient (Wildman–Crippen LogP) is 3.70. The van der Waals surface area contributed by atoms with E-state index in [0.29, 0.717) is 11.8 Å². The molecule has 2 saturated carbocycles. The van der Waals surface area contributed by atoms with Crippen LogP contribution in [0, 0.1) is 11.8 Å². The van der Waals surface area contributed by atoms with Crippen LogP contribution in [0.5, 0.6) is 0 Å². The van der Waals surface area contributed by atoms with Crippen LogP contribution in [0.2, 0.25) is 0 Å². The highest BCUT2D eigenvalue weighted by atomic mass is 16.6. The van der Waals surface area contributed by atoms with Gasteiger partial charge >= 0.3 is 11.9 Å². The summed E-state index contributed by atoms with van der Waals surface area (Å²) in [6.45, 7) is 3.11. The van der Waals surface area contributed by atoms with Gasteiger partial charge in [0, 0.05) is 13.8 Å². The first-order valence-electron chi connectivity index (χ1n) is 10.1. The van der Waals surface area contributed by atoms with Crippen LogP contribution in [0.4, 0.5) is 0 Å². The molecule has 0 aromatic rings. The van der Waals surface area contributed by atoms with E-state index in [4.69, 9.17) is 9.84 Å². The first-order chi connectivity index (χ1) is 12.9. The maximum Gasteiger partial charge on any atom is 0.337 e. The Morgan fingerprint density at radius 3 is 2.04 bits per heavy atom. The molecular formula is C21H36N2O5. The van der Waals surface area contributed by atoms with Gasteiger partial charge < -0.3 is 15.2 Å². The van der Waals surface area contributed by atoms with Crippen LogP contribution >= 0.6 is 0 Å². The lowest BCUT2D eigenvalue weighted by Crippen LogP contribution is -2.45. The maximum atomic E-state index is 11.3. The lowest BCUT2D eigenvalue weighted by Gasteiger charge is -2.27. The lowest BCUT2D eigenvalue weighted by molar-refractivity contribution is -0.143. The fourth-order valence-electron chi connectivity index (χ4n) is 4.30. The van der Waals surface area contributed by atoms with Gasteiger partial charge in [-0.2, -0.15) is 0 Å². The Kier molecular flexibility index (Phi) is 10.2. The number of nitrogens with zero attached hydrogens (tertiary/aromatic N) is 1. The van der Waals surface area contributed by atoms with E-state index < -0.39 is 12.0 Å². The van der Waals surface area contributed by atoms with Crippen molar-refractivity contribution in [1.82, 2.24) is 5.32 Å². The summed E-state index contributed by atoms with van der Waals surface area (Å²) in [4.78, 5) is 37.3. The zero-order chi connectivity index (χ0) is 19.8. The molecule has 2 N–H and O–H groups in total. The first kappa shape index (κ1) is 24.1. The molecule has 0 saturated heterocycles. The summed E-state index contributed by atoms with van der Waals surface area (Å²) in [5, 5.41) is 11.5. The number of carbonyl (C=O) groups excluding carboxylic acids is 2. The van der Waals surface area contributed by atoms with Crippen LogP contribution in [-0.2, 0) is 19.1 Å². The summed E-state index contributed by atoms with van der Waals surface area (Å²) in [5.74, 6) is -0.205. The van der Waals surface area contributed by atoms with Gasteiger partial charge in [0.1, 0.15) is 6.04 Å². The van der Waals surface area contributed by atoms with Crippen molar-refractivity contribution >= 4 is 23.7 Å². The van der Waals surface area contributed by atoms with Gasteiger partial charge in [0.25, 0.3) is 0 Å². The zero-order valence-electron chi connectivity index (χ0n) is 16.4. The molecule has 2 unspecified atom stereocenters. The number of aliphatic imine (C=N–C) groups is 1. The van der Waals surface area contributed by atoms with Crippen molar-refractivity contribution in [2.45, 2.75) is 97.6 Å². The van der Waals surface area contributed by atoms with E-state index >= 15 is 0 Å². The molecule has 3 aliphatic rings. The van der Waals surface area contributed by atoms with Gasteiger partial charge in [-0.15, -0.1) is 0 Å². The summed E-state index contributed by atoms with van der Waals surface area (Å²) in [6.07, 6.45) is 11.2. The second-order valence-electron chi connectivity index (χ2n) is 7.83. The molecule has 0 bridgehead atoms. The first-order valence-corrected chi connectivity index (χ1v) is 10.1. The third-order valence-electron chi connectivity index (χ3n) is 5.65. The minimum absolute atomic E-state index is 0. The van der Waals surface area contributed by atoms with Crippen molar-refractivity contribution in [2.75, 3.05) is 0 Å². The van der Waals surface area contributed by atoms with E-state index in [9.17, 15) is 14.4 Å². The fraction of sp³-hybridized carbons (Fsp3) is 0.810. The van der Waals surface area contributed by atoms with Gasteiger partial charge in [0.05, 0.1) is 0 Å². The summed E-state index contributed by atoms with van der Waals surface area (Å²) in [5.41, 5.74) is 0.